The standard InChI is InChI=1S/C19H17FN2O6S/c1-26-14-8-7-11(9-13(14)20)19-18(15(28-22-19)10-17(23)27-2)12-5-3-4-6-16(12)29(21,24)25/h3-9H,10H2,1-2H3,(H2,21,24,25). The van der Waals surface area contributed by atoms with E-state index in [1.165, 1.54) is 50.6 Å². The summed E-state index contributed by atoms with van der Waals surface area (Å²) in [6, 6.07) is 10.0. The Kier molecular flexibility index (Phi) is 5.66. The maximum Gasteiger partial charge on any atom is 0.313 e. The minimum absolute atomic E-state index is 0.0264. The number of rotatable bonds is 6. The first-order valence-electron chi connectivity index (χ1n) is 8.27. The van der Waals surface area contributed by atoms with E-state index < -0.39 is 21.8 Å². The van der Waals surface area contributed by atoms with Gasteiger partial charge in [-0.15, -0.1) is 0 Å². The molecule has 152 valence electrons. The van der Waals surface area contributed by atoms with Gasteiger partial charge in [0.15, 0.2) is 17.3 Å². The predicted octanol–water partition coefficient (Wildman–Crippen LogP) is 2.52. The van der Waals surface area contributed by atoms with E-state index in [0.29, 0.717) is 5.56 Å². The molecule has 29 heavy (non-hydrogen) atoms. The first-order chi connectivity index (χ1) is 13.8. The van der Waals surface area contributed by atoms with Crippen LogP contribution in [0.15, 0.2) is 51.9 Å². The van der Waals surface area contributed by atoms with Crippen LogP contribution >= 0.6 is 0 Å². The molecule has 0 aliphatic carbocycles. The molecule has 3 aromatic rings. The molecule has 0 radical (unpaired) electrons. The summed E-state index contributed by atoms with van der Waals surface area (Å²) in [5, 5.41) is 9.29. The molecular formula is C19H17FN2O6S. The Balaban J connectivity index is 2.28. The molecule has 2 aromatic carbocycles. The van der Waals surface area contributed by atoms with Crippen LogP contribution in [-0.4, -0.2) is 33.8 Å². The van der Waals surface area contributed by atoms with Crippen molar-refractivity contribution >= 4 is 16.0 Å². The number of nitrogens with zero attached hydrogens (tertiary/aromatic N) is 1. The number of nitrogens with two attached hydrogens (primary N) is 1. The summed E-state index contributed by atoms with van der Waals surface area (Å²) in [4.78, 5) is 11.6. The lowest BCUT2D eigenvalue weighted by atomic mass is 9.98. The largest absolute Gasteiger partial charge is 0.494 e. The maximum atomic E-state index is 14.2. The minimum Gasteiger partial charge on any atom is -0.494 e. The molecule has 3 rings (SSSR count). The van der Waals surface area contributed by atoms with Crippen molar-refractivity contribution in [3.05, 3.63) is 54.0 Å². The number of benzene rings is 2. The zero-order chi connectivity index (χ0) is 21.2. The van der Waals surface area contributed by atoms with Crippen molar-refractivity contribution < 1.29 is 31.6 Å². The fraction of sp³-hybridized carbons (Fsp3) is 0.158. The fourth-order valence-corrected chi connectivity index (χ4v) is 3.60. The quantitative estimate of drug-likeness (QED) is 0.608. The van der Waals surface area contributed by atoms with Crippen LogP contribution in [0.25, 0.3) is 22.4 Å². The van der Waals surface area contributed by atoms with Gasteiger partial charge in [0, 0.05) is 11.1 Å². The smallest absolute Gasteiger partial charge is 0.313 e. The van der Waals surface area contributed by atoms with Crippen LogP contribution in [0.2, 0.25) is 0 Å². The summed E-state index contributed by atoms with van der Waals surface area (Å²) >= 11 is 0. The highest BCUT2D eigenvalue weighted by molar-refractivity contribution is 7.89. The van der Waals surface area contributed by atoms with E-state index in [-0.39, 0.29) is 39.6 Å². The van der Waals surface area contributed by atoms with Gasteiger partial charge in [-0.1, -0.05) is 23.4 Å². The summed E-state index contributed by atoms with van der Waals surface area (Å²) in [5.74, 6) is -1.19. The lowest BCUT2D eigenvalue weighted by Gasteiger charge is -2.10. The molecule has 0 amide bonds. The Morgan fingerprint density at radius 1 is 1.21 bits per heavy atom. The Morgan fingerprint density at radius 3 is 2.55 bits per heavy atom. The number of hydrogen-bond acceptors (Lipinski definition) is 7. The van der Waals surface area contributed by atoms with Crippen LogP contribution in [0.1, 0.15) is 5.76 Å². The van der Waals surface area contributed by atoms with E-state index in [9.17, 15) is 17.6 Å². The Hall–Kier alpha value is -3.24. The molecule has 0 saturated carbocycles. The van der Waals surface area contributed by atoms with Gasteiger partial charge in [-0.05, 0) is 24.3 Å². The molecule has 0 saturated heterocycles. The van der Waals surface area contributed by atoms with Crippen molar-refractivity contribution in [2.45, 2.75) is 11.3 Å². The van der Waals surface area contributed by atoms with E-state index in [2.05, 4.69) is 9.89 Å². The highest BCUT2D eigenvalue weighted by Crippen LogP contribution is 2.39. The topological polar surface area (TPSA) is 122 Å². The first-order valence-corrected chi connectivity index (χ1v) is 9.82. The molecule has 0 aliphatic heterocycles. The molecule has 0 aliphatic rings. The van der Waals surface area contributed by atoms with Crippen molar-refractivity contribution in [1.29, 1.82) is 0 Å². The molecule has 8 nitrogen and oxygen atoms in total. The third kappa shape index (κ3) is 4.13. The number of carbonyl (C=O) groups excluding carboxylic acids is 1. The maximum absolute atomic E-state index is 14.2. The number of halogens is 1. The average molecular weight is 420 g/mol. The van der Waals surface area contributed by atoms with Crippen LogP contribution in [0.3, 0.4) is 0 Å². The summed E-state index contributed by atoms with van der Waals surface area (Å²) in [7, 11) is -1.57. The predicted molar refractivity (Wildman–Crippen MR) is 101 cm³/mol. The van der Waals surface area contributed by atoms with Crippen molar-refractivity contribution in [1.82, 2.24) is 5.16 Å². The van der Waals surface area contributed by atoms with Crippen molar-refractivity contribution in [2.24, 2.45) is 5.14 Å². The van der Waals surface area contributed by atoms with Crippen LogP contribution in [-0.2, 0) is 26.0 Å². The normalized spacial score (nSPS) is 11.3. The second-order valence-corrected chi connectivity index (χ2v) is 7.50. The number of primary sulfonamides is 1. The monoisotopic (exact) mass is 420 g/mol. The average Bonchev–Trinajstić information content (AvgIpc) is 3.10. The first kappa shape index (κ1) is 20.5. The van der Waals surface area contributed by atoms with Gasteiger partial charge in [-0.2, -0.15) is 0 Å². The summed E-state index contributed by atoms with van der Waals surface area (Å²) < 4.78 is 53.3. The third-order valence-corrected chi connectivity index (χ3v) is 5.15. The highest BCUT2D eigenvalue weighted by atomic mass is 32.2. The van der Waals surface area contributed by atoms with Gasteiger partial charge in [-0.25, -0.2) is 17.9 Å². The third-order valence-electron chi connectivity index (χ3n) is 4.18. The number of methoxy groups -OCH3 is 2. The van der Waals surface area contributed by atoms with Gasteiger partial charge in [0.05, 0.1) is 24.7 Å². The van der Waals surface area contributed by atoms with Gasteiger partial charge >= 0.3 is 5.97 Å². The van der Waals surface area contributed by atoms with E-state index in [0.717, 1.165) is 0 Å². The summed E-state index contributed by atoms with van der Waals surface area (Å²) in [6.07, 6.45) is -0.309. The van der Waals surface area contributed by atoms with Crippen LogP contribution < -0.4 is 9.88 Å². The van der Waals surface area contributed by atoms with Crippen LogP contribution in [0, 0.1) is 5.82 Å². The fourth-order valence-electron chi connectivity index (χ4n) is 2.86. The number of hydrogen-bond donors (Lipinski definition) is 1. The number of carbonyl (C=O) groups is 1. The summed E-state index contributed by atoms with van der Waals surface area (Å²) in [5.41, 5.74) is 0.801. The van der Waals surface area contributed by atoms with Crippen LogP contribution in [0.4, 0.5) is 4.39 Å². The number of sulfonamides is 1. The molecule has 2 N–H and O–H groups in total. The second-order valence-electron chi connectivity index (χ2n) is 5.97. The molecule has 1 aromatic heterocycles. The number of ether oxygens (including phenoxy) is 2. The molecule has 1 heterocycles. The lowest BCUT2D eigenvalue weighted by molar-refractivity contribution is -0.140. The van der Waals surface area contributed by atoms with E-state index in [1.54, 1.807) is 6.07 Å². The second kappa shape index (κ2) is 8.02. The van der Waals surface area contributed by atoms with E-state index in [1.807, 2.05) is 0 Å². The van der Waals surface area contributed by atoms with Gasteiger partial charge in [0.2, 0.25) is 10.0 Å². The Bertz CT molecular complexity index is 1170. The molecule has 0 atom stereocenters. The number of esters is 1. The molecule has 0 bridgehead atoms. The Labute approximate surface area is 166 Å². The van der Waals surface area contributed by atoms with Crippen LogP contribution in [0.5, 0.6) is 5.75 Å². The van der Waals surface area contributed by atoms with Crippen molar-refractivity contribution in [3.63, 3.8) is 0 Å². The van der Waals surface area contributed by atoms with E-state index >= 15 is 0 Å². The van der Waals surface area contributed by atoms with Gasteiger partial charge < -0.3 is 14.0 Å². The van der Waals surface area contributed by atoms with Gasteiger partial charge in [0.1, 0.15) is 12.1 Å². The van der Waals surface area contributed by atoms with E-state index in [4.69, 9.17) is 14.4 Å². The molecule has 10 heteroatoms. The lowest BCUT2D eigenvalue weighted by Crippen LogP contribution is -2.14. The van der Waals surface area contributed by atoms with Crippen molar-refractivity contribution in [3.8, 4) is 28.1 Å². The zero-order valence-electron chi connectivity index (χ0n) is 15.5. The SMILES string of the molecule is COC(=O)Cc1onc(-c2ccc(OC)c(F)c2)c1-c1ccccc1S(N)(=O)=O. The van der Waals surface area contributed by atoms with Crippen molar-refractivity contribution in [2.75, 3.05) is 14.2 Å². The minimum atomic E-state index is -4.11. The number of aromatic nitrogens is 1. The molecule has 0 spiro atoms. The van der Waals surface area contributed by atoms with Gasteiger partial charge in [0.25, 0.3) is 0 Å². The molecule has 0 unspecified atom stereocenters. The van der Waals surface area contributed by atoms with Gasteiger partial charge in [-0.3, -0.25) is 4.79 Å². The highest BCUT2D eigenvalue weighted by Gasteiger charge is 2.26. The summed E-state index contributed by atoms with van der Waals surface area (Å²) in [6.45, 7) is 0. The Morgan fingerprint density at radius 2 is 1.93 bits per heavy atom. The molecule has 0 fully saturated rings. The zero-order valence-corrected chi connectivity index (χ0v) is 16.3. The molecular weight excluding hydrogens is 403 g/mol.